The summed E-state index contributed by atoms with van der Waals surface area (Å²) in [6.45, 7) is 6.56. The lowest BCUT2D eigenvalue weighted by molar-refractivity contribution is -0.117. The second kappa shape index (κ2) is 9.79. The van der Waals surface area contributed by atoms with Gasteiger partial charge < -0.3 is 14.4 Å². The zero-order valence-electron chi connectivity index (χ0n) is 18.0. The van der Waals surface area contributed by atoms with E-state index in [0.29, 0.717) is 0 Å². The molecule has 1 heterocycles. The number of carbonyl (C=O) groups is 1. The maximum Gasteiger partial charge on any atom is 0.224 e. The van der Waals surface area contributed by atoms with Crippen LogP contribution in [0, 0.1) is 0 Å². The third kappa shape index (κ3) is 5.10. The quantitative estimate of drug-likeness (QED) is 0.700. The van der Waals surface area contributed by atoms with Crippen molar-refractivity contribution < 1.29 is 14.3 Å². The number of nitrogens with zero attached hydrogens (tertiary/aromatic N) is 2. The van der Waals surface area contributed by atoms with Gasteiger partial charge in [0, 0.05) is 49.9 Å². The van der Waals surface area contributed by atoms with E-state index >= 15 is 0 Å². The van der Waals surface area contributed by atoms with Gasteiger partial charge in [-0.15, -0.1) is 0 Å². The van der Waals surface area contributed by atoms with E-state index in [0.717, 1.165) is 61.6 Å². The number of hydrogen-bond acceptors (Lipinski definition) is 4. The average molecular weight is 397 g/mol. The Balaban J connectivity index is 1.64. The number of piperidine rings is 1. The second-order valence-corrected chi connectivity index (χ2v) is 7.59. The highest BCUT2D eigenvalue weighted by molar-refractivity contribution is 5.92. The summed E-state index contributed by atoms with van der Waals surface area (Å²) in [5.41, 5.74) is 3.45. The maximum atomic E-state index is 12.4. The summed E-state index contributed by atoms with van der Waals surface area (Å²) in [5.74, 6) is 1.77. The second-order valence-electron chi connectivity index (χ2n) is 7.59. The number of carbonyl (C=O) groups excluding carboxylic acids is 1. The molecule has 1 fully saturated rings. The largest absolute Gasteiger partial charge is 0.497 e. The van der Waals surface area contributed by atoms with Gasteiger partial charge in [-0.25, -0.2) is 0 Å². The van der Waals surface area contributed by atoms with Gasteiger partial charge in [0.2, 0.25) is 5.91 Å². The van der Waals surface area contributed by atoms with Crippen LogP contribution in [0.1, 0.15) is 37.8 Å². The van der Waals surface area contributed by atoms with Crippen LogP contribution < -0.4 is 14.4 Å². The predicted molar refractivity (Wildman–Crippen MR) is 117 cm³/mol. The molecule has 5 heteroatoms. The summed E-state index contributed by atoms with van der Waals surface area (Å²) >= 11 is 0. The number of likely N-dealkylation sites (tertiary alicyclic amines) is 1. The van der Waals surface area contributed by atoms with Gasteiger partial charge in [-0.3, -0.25) is 9.69 Å². The number of amides is 1. The molecule has 0 unspecified atom stereocenters. The molecule has 2 aromatic rings. The van der Waals surface area contributed by atoms with Crippen LogP contribution in [-0.4, -0.2) is 44.2 Å². The van der Waals surface area contributed by atoms with Crippen LogP contribution in [0.4, 0.5) is 5.69 Å². The highest BCUT2D eigenvalue weighted by atomic mass is 16.5. The third-order valence-electron chi connectivity index (χ3n) is 5.77. The molecule has 0 atom stereocenters. The van der Waals surface area contributed by atoms with Gasteiger partial charge >= 0.3 is 0 Å². The van der Waals surface area contributed by atoms with E-state index in [2.05, 4.69) is 42.2 Å². The molecular formula is C24H32N2O3. The predicted octanol–water partition coefficient (Wildman–Crippen LogP) is 4.28. The lowest BCUT2D eigenvalue weighted by Crippen LogP contribution is -2.46. The molecule has 5 nitrogen and oxygen atoms in total. The van der Waals surface area contributed by atoms with E-state index in [1.807, 2.05) is 17.0 Å². The summed E-state index contributed by atoms with van der Waals surface area (Å²) in [5, 5.41) is 0. The Labute approximate surface area is 174 Å². The van der Waals surface area contributed by atoms with Crippen LogP contribution in [0.15, 0.2) is 42.5 Å². The van der Waals surface area contributed by atoms with E-state index in [-0.39, 0.29) is 11.9 Å². The first-order chi connectivity index (χ1) is 14.0. The minimum absolute atomic E-state index is 0.115. The van der Waals surface area contributed by atoms with Gasteiger partial charge in [-0.1, -0.05) is 25.1 Å². The highest BCUT2D eigenvalue weighted by Crippen LogP contribution is 2.29. The first-order valence-electron chi connectivity index (χ1n) is 10.4. The molecular weight excluding hydrogens is 364 g/mol. The topological polar surface area (TPSA) is 42.0 Å². The highest BCUT2D eigenvalue weighted by Gasteiger charge is 2.27. The number of ether oxygens (including phenoxy) is 2. The fraction of sp³-hybridized carbons (Fsp3) is 0.458. The Morgan fingerprint density at radius 3 is 2.31 bits per heavy atom. The first kappa shape index (κ1) is 21.2. The Bertz CT molecular complexity index is 811. The molecule has 1 aliphatic heterocycles. The normalized spacial score (nSPS) is 15.2. The molecule has 2 aromatic carbocycles. The number of hydrogen-bond donors (Lipinski definition) is 0. The van der Waals surface area contributed by atoms with Crippen LogP contribution in [-0.2, 0) is 17.8 Å². The Hall–Kier alpha value is -2.53. The lowest BCUT2D eigenvalue weighted by atomic mass is 10.0. The van der Waals surface area contributed by atoms with Crippen molar-refractivity contribution in [1.82, 2.24) is 4.90 Å². The molecule has 0 aromatic heterocycles. The van der Waals surface area contributed by atoms with Gasteiger partial charge in [0.25, 0.3) is 0 Å². The van der Waals surface area contributed by atoms with E-state index < -0.39 is 0 Å². The average Bonchev–Trinajstić information content (AvgIpc) is 2.75. The Morgan fingerprint density at radius 2 is 1.76 bits per heavy atom. The zero-order valence-corrected chi connectivity index (χ0v) is 18.0. The smallest absolute Gasteiger partial charge is 0.224 e. The number of benzene rings is 2. The van der Waals surface area contributed by atoms with Gasteiger partial charge in [0.05, 0.1) is 14.2 Å². The molecule has 3 rings (SSSR count). The SMILES string of the molecule is CCc1ccc(N(C(C)=O)C2CCN(Cc3ccc(OC)cc3OC)CC2)cc1. The minimum Gasteiger partial charge on any atom is -0.497 e. The molecule has 0 spiro atoms. The van der Waals surface area contributed by atoms with Gasteiger partial charge in [0.15, 0.2) is 0 Å². The van der Waals surface area contributed by atoms with Crippen molar-refractivity contribution in [3.05, 3.63) is 53.6 Å². The van der Waals surface area contributed by atoms with Crippen LogP contribution in [0.5, 0.6) is 11.5 Å². The van der Waals surface area contributed by atoms with Crippen LogP contribution in [0.25, 0.3) is 0 Å². The molecule has 156 valence electrons. The van der Waals surface area contributed by atoms with E-state index in [1.54, 1.807) is 21.1 Å². The van der Waals surface area contributed by atoms with Crippen LogP contribution >= 0.6 is 0 Å². The molecule has 29 heavy (non-hydrogen) atoms. The minimum atomic E-state index is 0.115. The monoisotopic (exact) mass is 396 g/mol. The van der Waals surface area contributed by atoms with Crippen molar-refractivity contribution in [3.8, 4) is 11.5 Å². The number of rotatable bonds is 7. The van der Waals surface area contributed by atoms with E-state index in [4.69, 9.17) is 9.47 Å². The zero-order chi connectivity index (χ0) is 20.8. The van der Waals surface area contributed by atoms with Gasteiger partial charge in [-0.05, 0) is 43.0 Å². The van der Waals surface area contributed by atoms with Gasteiger partial charge in [0.1, 0.15) is 11.5 Å². The molecule has 0 radical (unpaired) electrons. The molecule has 1 saturated heterocycles. The molecule has 0 N–H and O–H groups in total. The summed E-state index contributed by atoms with van der Waals surface area (Å²) in [6.07, 6.45) is 2.94. The fourth-order valence-corrected chi connectivity index (χ4v) is 4.10. The molecule has 0 saturated carbocycles. The van der Waals surface area contributed by atoms with E-state index in [1.165, 1.54) is 5.56 Å². The van der Waals surface area contributed by atoms with Crippen molar-refractivity contribution >= 4 is 11.6 Å². The number of aryl methyl sites for hydroxylation is 1. The number of methoxy groups -OCH3 is 2. The van der Waals surface area contributed by atoms with Crippen molar-refractivity contribution in [3.63, 3.8) is 0 Å². The van der Waals surface area contributed by atoms with E-state index in [9.17, 15) is 4.79 Å². The summed E-state index contributed by atoms with van der Waals surface area (Å²) in [4.78, 5) is 16.8. The Morgan fingerprint density at radius 1 is 1.07 bits per heavy atom. The van der Waals surface area contributed by atoms with Crippen molar-refractivity contribution in [2.24, 2.45) is 0 Å². The molecule has 0 bridgehead atoms. The van der Waals surface area contributed by atoms with Gasteiger partial charge in [-0.2, -0.15) is 0 Å². The molecule has 1 amide bonds. The third-order valence-corrected chi connectivity index (χ3v) is 5.77. The van der Waals surface area contributed by atoms with Crippen molar-refractivity contribution in [2.45, 2.75) is 45.7 Å². The van der Waals surface area contributed by atoms with Crippen molar-refractivity contribution in [1.29, 1.82) is 0 Å². The summed E-state index contributed by atoms with van der Waals surface area (Å²) in [7, 11) is 3.36. The maximum absolute atomic E-state index is 12.4. The van der Waals surface area contributed by atoms with Crippen molar-refractivity contribution in [2.75, 3.05) is 32.2 Å². The number of anilines is 1. The molecule has 0 aliphatic carbocycles. The first-order valence-corrected chi connectivity index (χ1v) is 10.4. The summed E-state index contributed by atoms with van der Waals surface area (Å²) in [6, 6.07) is 14.6. The van der Waals surface area contributed by atoms with Crippen LogP contribution in [0.3, 0.4) is 0 Å². The summed E-state index contributed by atoms with van der Waals surface area (Å²) < 4.78 is 10.8. The standard InChI is InChI=1S/C24H32N2O3/c1-5-19-6-9-21(10-7-19)26(18(2)27)22-12-14-25(15-13-22)17-20-8-11-23(28-3)16-24(20)29-4/h6-11,16,22H,5,12-15,17H2,1-4H3. The molecule has 1 aliphatic rings. The Kier molecular flexibility index (Phi) is 7.15. The van der Waals surface area contributed by atoms with Crippen LogP contribution in [0.2, 0.25) is 0 Å². The fourth-order valence-electron chi connectivity index (χ4n) is 4.10. The lowest BCUT2D eigenvalue weighted by Gasteiger charge is -2.38.